The minimum atomic E-state index is -1.10. The van der Waals surface area contributed by atoms with Crippen LogP contribution in [0.4, 0.5) is 0 Å². The van der Waals surface area contributed by atoms with Crippen LogP contribution < -0.4 is 0 Å². The van der Waals surface area contributed by atoms with Crippen molar-refractivity contribution in [2.45, 2.75) is 90.1 Å². The van der Waals surface area contributed by atoms with Crippen molar-refractivity contribution in [2.24, 2.45) is 28.6 Å². The molecule has 4 aliphatic rings. The molecule has 3 fully saturated rings. The van der Waals surface area contributed by atoms with Gasteiger partial charge in [-0.15, -0.1) is 0 Å². The lowest BCUT2D eigenvalue weighted by Crippen LogP contribution is -2.58. The summed E-state index contributed by atoms with van der Waals surface area (Å²) in [5.41, 5.74) is 1.85. The normalized spacial score (nSPS) is 43.5. The van der Waals surface area contributed by atoms with E-state index in [-0.39, 0.29) is 16.6 Å². The molecule has 4 nitrogen and oxygen atoms in total. The maximum absolute atomic E-state index is 12.8. The van der Waals surface area contributed by atoms with Gasteiger partial charge in [0.1, 0.15) is 5.60 Å². The Kier molecular flexibility index (Phi) is 6.20. The van der Waals surface area contributed by atoms with Crippen LogP contribution in [0.1, 0.15) is 77.7 Å². The van der Waals surface area contributed by atoms with Crippen LogP contribution in [0.3, 0.4) is 0 Å². The molecule has 0 radical (unpaired) electrons. The summed E-state index contributed by atoms with van der Waals surface area (Å²) in [5, 5.41) is 11.4. The van der Waals surface area contributed by atoms with E-state index in [1.54, 1.807) is 14.0 Å². The highest BCUT2D eigenvalue weighted by atomic mass is 79.9. The van der Waals surface area contributed by atoms with E-state index in [0.717, 1.165) is 48.6 Å². The molecule has 186 valence electrons. The smallest absolute Gasteiger partial charge is 0.169 e. The van der Waals surface area contributed by atoms with Crippen LogP contribution in [0.15, 0.2) is 40.4 Å². The summed E-state index contributed by atoms with van der Waals surface area (Å²) in [6.45, 7) is 6.89. The van der Waals surface area contributed by atoms with Crippen LogP contribution in [-0.2, 0) is 20.9 Å². The molecule has 0 spiro atoms. The fourth-order valence-electron chi connectivity index (χ4n) is 8.59. The van der Waals surface area contributed by atoms with Crippen molar-refractivity contribution >= 4 is 21.7 Å². The maximum atomic E-state index is 12.8. The minimum Gasteiger partial charge on any atom is -0.370 e. The van der Waals surface area contributed by atoms with Crippen LogP contribution in [0, 0.1) is 28.6 Å². The summed E-state index contributed by atoms with van der Waals surface area (Å²) in [6, 6.07) is 8.09. The number of benzene rings is 1. The van der Waals surface area contributed by atoms with Gasteiger partial charge in [-0.3, -0.25) is 4.79 Å². The Morgan fingerprint density at radius 3 is 2.47 bits per heavy atom. The van der Waals surface area contributed by atoms with Gasteiger partial charge in [-0.25, -0.2) is 0 Å². The first-order valence-electron chi connectivity index (χ1n) is 12.9. The molecule has 3 saturated carbocycles. The molecule has 0 bridgehead atoms. The van der Waals surface area contributed by atoms with Gasteiger partial charge in [0.2, 0.25) is 0 Å². The molecule has 34 heavy (non-hydrogen) atoms. The highest BCUT2D eigenvalue weighted by molar-refractivity contribution is 9.10. The number of ether oxygens (including phenoxy) is 2. The molecule has 0 saturated heterocycles. The number of carbonyl (C=O) groups is 1. The van der Waals surface area contributed by atoms with E-state index < -0.39 is 11.4 Å². The van der Waals surface area contributed by atoms with E-state index in [4.69, 9.17) is 9.47 Å². The molecule has 1 aromatic rings. The van der Waals surface area contributed by atoms with Gasteiger partial charge < -0.3 is 14.6 Å². The minimum absolute atomic E-state index is 0.0837. The van der Waals surface area contributed by atoms with Crippen molar-refractivity contribution in [2.75, 3.05) is 7.11 Å². The lowest BCUT2D eigenvalue weighted by molar-refractivity contribution is -0.232. The van der Waals surface area contributed by atoms with E-state index >= 15 is 0 Å². The fraction of sp³-hybridized carbons (Fsp3) is 0.690. The number of methoxy groups -OCH3 is 1. The van der Waals surface area contributed by atoms with Crippen LogP contribution in [0.2, 0.25) is 0 Å². The van der Waals surface area contributed by atoms with E-state index in [2.05, 4.69) is 35.9 Å². The van der Waals surface area contributed by atoms with Gasteiger partial charge in [0.05, 0.1) is 6.61 Å². The summed E-state index contributed by atoms with van der Waals surface area (Å²) < 4.78 is 13.2. The Labute approximate surface area is 212 Å². The molecule has 1 aromatic carbocycles. The standard InChI is InChI=1S/C29H39BrO4/c1-19(31)29(33-4)14-12-25-23-10-7-21-17-28(32,34-18-20-5-8-22(30)9-6-20)16-15-26(21,2)24(23)11-13-27(25,29)3/h5-9,23-25,32H,10-18H2,1-4H3/t23-,24+,25+,26+,27+,28?,29+/m1/s1. The number of fused-ring (bicyclic) bond motifs is 5. The van der Waals surface area contributed by atoms with Crippen LogP contribution in [0.5, 0.6) is 0 Å². The van der Waals surface area contributed by atoms with E-state index in [0.29, 0.717) is 37.2 Å². The molecule has 5 rings (SSSR count). The monoisotopic (exact) mass is 530 g/mol. The van der Waals surface area contributed by atoms with E-state index in [9.17, 15) is 9.90 Å². The van der Waals surface area contributed by atoms with Crippen LogP contribution in [-0.4, -0.2) is 29.4 Å². The van der Waals surface area contributed by atoms with Gasteiger partial charge in [0, 0.05) is 29.8 Å². The number of hydrogen-bond donors (Lipinski definition) is 1. The Bertz CT molecular complexity index is 988. The second-order valence-electron chi connectivity index (χ2n) is 11.9. The SMILES string of the molecule is CO[C@]1(C(C)=O)CC[C@H]2[C@@H]3CC=C4CC(O)(OCc5ccc(Br)cc5)CC[C@]4(C)[C@H]3CC[C@@]21C. The first-order valence-corrected chi connectivity index (χ1v) is 13.7. The molecular weight excluding hydrogens is 492 g/mol. The summed E-state index contributed by atoms with van der Waals surface area (Å²) >= 11 is 3.47. The number of ketones is 1. The molecule has 0 aliphatic heterocycles. The number of rotatable bonds is 5. The van der Waals surface area contributed by atoms with Crippen LogP contribution >= 0.6 is 15.9 Å². The quantitative estimate of drug-likeness (QED) is 0.344. The Morgan fingerprint density at radius 1 is 1.09 bits per heavy atom. The van der Waals surface area contributed by atoms with Crippen molar-refractivity contribution in [3.63, 3.8) is 0 Å². The lowest BCUT2D eigenvalue weighted by atomic mass is 9.46. The predicted molar refractivity (Wildman–Crippen MR) is 136 cm³/mol. The molecular formula is C29H39BrO4. The summed E-state index contributed by atoms with van der Waals surface area (Å²) in [7, 11) is 1.73. The van der Waals surface area contributed by atoms with Gasteiger partial charge in [-0.05, 0) is 86.3 Å². The van der Waals surface area contributed by atoms with Gasteiger partial charge in [0.25, 0.3) is 0 Å². The van der Waals surface area contributed by atoms with Crippen molar-refractivity contribution in [1.82, 2.24) is 0 Å². The molecule has 1 N–H and O–H groups in total. The number of carbonyl (C=O) groups excluding carboxylic acids is 1. The van der Waals surface area contributed by atoms with Gasteiger partial charge in [0.15, 0.2) is 11.6 Å². The third-order valence-corrected chi connectivity index (χ3v) is 11.1. The second-order valence-corrected chi connectivity index (χ2v) is 12.8. The number of allylic oxidation sites excluding steroid dienone is 1. The van der Waals surface area contributed by atoms with Crippen molar-refractivity contribution in [3.8, 4) is 0 Å². The first kappa shape index (κ1) is 24.7. The van der Waals surface area contributed by atoms with Gasteiger partial charge in [-0.1, -0.05) is 53.6 Å². The molecule has 7 atom stereocenters. The molecule has 1 unspecified atom stereocenters. The molecule has 0 amide bonds. The topological polar surface area (TPSA) is 55.8 Å². The van der Waals surface area contributed by atoms with Gasteiger partial charge in [-0.2, -0.15) is 0 Å². The number of hydrogen-bond acceptors (Lipinski definition) is 4. The number of Topliss-reactive ketones (excluding diaryl/α,β-unsaturated/α-hetero) is 1. The summed E-state index contributed by atoms with van der Waals surface area (Å²) in [6.07, 6.45) is 9.75. The van der Waals surface area contributed by atoms with E-state index in [1.807, 2.05) is 24.3 Å². The van der Waals surface area contributed by atoms with Crippen molar-refractivity contribution < 1.29 is 19.4 Å². The average molecular weight is 532 g/mol. The summed E-state index contributed by atoms with van der Waals surface area (Å²) in [5.74, 6) is 0.795. The summed E-state index contributed by atoms with van der Waals surface area (Å²) in [4.78, 5) is 12.8. The zero-order valence-electron chi connectivity index (χ0n) is 21.0. The zero-order chi connectivity index (χ0) is 24.4. The van der Waals surface area contributed by atoms with Gasteiger partial charge >= 0.3 is 0 Å². The fourth-order valence-corrected chi connectivity index (χ4v) is 8.86. The predicted octanol–water partition coefficient (Wildman–Crippen LogP) is 6.59. The molecule has 4 aliphatic carbocycles. The highest BCUT2D eigenvalue weighted by Crippen LogP contribution is 2.68. The second kappa shape index (κ2) is 8.54. The number of halogens is 1. The third kappa shape index (κ3) is 3.60. The molecule has 0 heterocycles. The Hall–Kier alpha value is -1.01. The third-order valence-electron chi connectivity index (χ3n) is 10.6. The molecule has 0 aromatic heterocycles. The lowest BCUT2D eigenvalue weighted by Gasteiger charge is -2.59. The maximum Gasteiger partial charge on any atom is 0.169 e. The van der Waals surface area contributed by atoms with E-state index in [1.165, 1.54) is 5.57 Å². The van der Waals surface area contributed by atoms with Crippen LogP contribution in [0.25, 0.3) is 0 Å². The molecule has 5 heteroatoms. The number of aliphatic hydroxyl groups is 1. The Balaban J connectivity index is 1.35. The largest absolute Gasteiger partial charge is 0.370 e. The Morgan fingerprint density at radius 2 is 1.79 bits per heavy atom. The average Bonchev–Trinajstić information content (AvgIpc) is 3.13. The van der Waals surface area contributed by atoms with Crippen molar-refractivity contribution in [3.05, 3.63) is 46.0 Å². The zero-order valence-corrected chi connectivity index (χ0v) is 22.6. The highest BCUT2D eigenvalue weighted by Gasteiger charge is 2.66. The van der Waals surface area contributed by atoms with Crippen molar-refractivity contribution in [1.29, 1.82) is 0 Å². The first-order chi connectivity index (χ1) is 16.1.